The minimum absolute atomic E-state index is 0.0907. The van der Waals surface area contributed by atoms with Crippen LogP contribution in [0.1, 0.15) is 42.3 Å². The molecule has 0 aromatic heterocycles. The van der Waals surface area contributed by atoms with Crippen molar-refractivity contribution in [2.75, 3.05) is 7.11 Å². The topological polar surface area (TPSA) is 46.5 Å². The average molecular weight is 220 g/mol. The molecule has 2 rings (SSSR count). The van der Waals surface area contributed by atoms with E-state index in [2.05, 4.69) is 0 Å². The summed E-state index contributed by atoms with van der Waals surface area (Å²) in [6.45, 7) is 3.80. The molecular formula is C13H16O3. The number of aliphatic hydroxyl groups excluding tert-OH is 1. The fourth-order valence-corrected chi connectivity index (χ4v) is 2.17. The van der Waals surface area contributed by atoms with E-state index in [0.717, 1.165) is 0 Å². The molecule has 3 nitrogen and oxygen atoms in total. The molecule has 1 aliphatic carbocycles. The fraction of sp³-hybridized carbons (Fsp3) is 0.462. The quantitative estimate of drug-likeness (QED) is 0.790. The van der Waals surface area contributed by atoms with Gasteiger partial charge in [-0.25, -0.2) is 0 Å². The van der Waals surface area contributed by atoms with E-state index in [4.69, 9.17) is 4.74 Å². The minimum Gasteiger partial charge on any atom is -0.497 e. The number of Topliss-reactive ketones (excluding diaryl/α,β-unsaturated/α-hetero) is 1. The maximum atomic E-state index is 11.9. The highest BCUT2D eigenvalue weighted by atomic mass is 16.5. The van der Waals surface area contributed by atoms with Gasteiger partial charge in [-0.3, -0.25) is 4.79 Å². The van der Waals surface area contributed by atoms with Gasteiger partial charge in [-0.05, 0) is 23.8 Å². The maximum Gasteiger partial charge on any atom is 0.163 e. The predicted molar refractivity (Wildman–Crippen MR) is 60.7 cm³/mol. The molecule has 0 aliphatic heterocycles. The molecule has 0 radical (unpaired) electrons. The summed E-state index contributed by atoms with van der Waals surface area (Å²) in [4.78, 5) is 11.9. The van der Waals surface area contributed by atoms with Gasteiger partial charge in [0.15, 0.2) is 5.78 Å². The number of ether oxygens (including phenoxy) is 1. The van der Waals surface area contributed by atoms with Crippen molar-refractivity contribution in [2.45, 2.75) is 26.4 Å². The summed E-state index contributed by atoms with van der Waals surface area (Å²) in [6, 6.07) is 5.23. The van der Waals surface area contributed by atoms with Gasteiger partial charge >= 0.3 is 0 Å². The highest BCUT2D eigenvalue weighted by molar-refractivity contribution is 5.99. The van der Waals surface area contributed by atoms with Gasteiger partial charge in [0, 0.05) is 17.4 Å². The van der Waals surface area contributed by atoms with Crippen LogP contribution in [0, 0.1) is 5.41 Å². The number of hydrogen-bond acceptors (Lipinski definition) is 3. The Morgan fingerprint density at radius 1 is 1.44 bits per heavy atom. The fourth-order valence-electron chi connectivity index (χ4n) is 2.17. The van der Waals surface area contributed by atoms with Crippen LogP contribution in [0.2, 0.25) is 0 Å². The third-order valence-corrected chi connectivity index (χ3v) is 3.21. The molecule has 0 saturated carbocycles. The molecule has 3 heteroatoms. The first kappa shape index (κ1) is 11.1. The molecule has 1 unspecified atom stereocenters. The van der Waals surface area contributed by atoms with Crippen molar-refractivity contribution < 1.29 is 14.6 Å². The summed E-state index contributed by atoms with van der Waals surface area (Å²) in [5, 5.41) is 10.2. The number of rotatable bonds is 1. The lowest BCUT2D eigenvalue weighted by molar-refractivity contribution is 0.0317. The SMILES string of the molecule is COc1ccc2c(c1)C(O)C(C)(C)CC2=O. The first-order valence-corrected chi connectivity index (χ1v) is 5.35. The summed E-state index contributed by atoms with van der Waals surface area (Å²) in [6.07, 6.45) is -0.233. The van der Waals surface area contributed by atoms with Gasteiger partial charge in [0.25, 0.3) is 0 Å². The lowest BCUT2D eigenvalue weighted by atomic mass is 9.71. The number of carbonyl (C=O) groups is 1. The summed E-state index contributed by atoms with van der Waals surface area (Å²) < 4.78 is 5.11. The average Bonchev–Trinajstić information content (AvgIpc) is 2.25. The Hall–Kier alpha value is -1.35. The van der Waals surface area contributed by atoms with Crippen LogP contribution in [0.4, 0.5) is 0 Å². The smallest absolute Gasteiger partial charge is 0.163 e. The van der Waals surface area contributed by atoms with E-state index in [9.17, 15) is 9.90 Å². The Morgan fingerprint density at radius 3 is 2.75 bits per heavy atom. The zero-order chi connectivity index (χ0) is 11.9. The van der Waals surface area contributed by atoms with Crippen LogP contribution < -0.4 is 4.74 Å². The molecule has 1 aliphatic rings. The van der Waals surface area contributed by atoms with Crippen LogP contribution in [0.25, 0.3) is 0 Å². The summed E-state index contributed by atoms with van der Waals surface area (Å²) in [5.41, 5.74) is 0.893. The van der Waals surface area contributed by atoms with Crippen molar-refractivity contribution in [1.29, 1.82) is 0 Å². The molecule has 1 atom stereocenters. The van der Waals surface area contributed by atoms with Crippen molar-refractivity contribution in [2.24, 2.45) is 5.41 Å². The van der Waals surface area contributed by atoms with E-state index in [1.807, 2.05) is 13.8 Å². The van der Waals surface area contributed by atoms with E-state index in [1.54, 1.807) is 25.3 Å². The zero-order valence-corrected chi connectivity index (χ0v) is 9.78. The van der Waals surface area contributed by atoms with E-state index in [-0.39, 0.29) is 5.78 Å². The van der Waals surface area contributed by atoms with Crippen LogP contribution >= 0.6 is 0 Å². The van der Waals surface area contributed by atoms with Gasteiger partial charge in [-0.1, -0.05) is 13.8 Å². The second-order valence-corrected chi connectivity index (χ2v) is 4.94. The second-order valence-electron chi connectivity index (χ2n) is 4.94. The monoisotopic (exact) mass is 220 g/mol. The Balaban J connectivity index is 2.56. The maximum absolute atomic E-state index is 11.9. The molecule has 0 amide bonds. The number of ketones is 1. The molecular weight excluding hydrogens is 204 g/mol. The highest BCUT2D eigenvalue weighted by Crippen LogP contribution is 2.44. The van der Waals surface area contributed by atoms with E-state index in [0.29, 0.717) is 23.3 Å². The van der Waals surface area contributed by atoms with Gasteiger partial charge in [-0.2, -0.15) is 0 Å². The Labute approximate surface area is 95.0 Å². The molecule has 0 heterocycles. The largest absolute Gasteiger partial charge is 0.497 e. The van der Waals surface area contributed by atoms with Gasteiger partial charge in [0.05, 0.1) is 13.2 Å². The minimum atomic E-state index is -0.615. The zero-order valence-electron chi connectivity index (χ0n) is 9.78. The van der Waals surface area contributed by atoms with Crippen LogP contribution in [-0.2, 0) is 0 Å². The molecule has 1 N–H and O–H groups in total. The normalized spacial score (nSPS) is 22.8. The van der Waals surface area contributed by atoms with Crippen molar-refractivity contribution in [3.8, 4) is 5.75 Å². The van der Waals surface area contributed by atoms with Gasteiger partial charge in [-0.15, -0.1) is 0 Å². The highest BCUT2D eigenvalue weighted by Gasteiger charge is 2.38. The lowest BCUT2D eigenvalue weighted by Crippen LogP contribution is -2.31. The summed E-state index contributed by atoms with van der Waals surface area (Å²) in [7, 11) is 1.57. The van der Waals surface area contributed by atoms with E-state index in [1.165, 1.54) is 0 Å². The summed E-state index contributed by atoms with van der Waals surface area (Å²) in [5.74, 6) is 0.760. The summed E-state index contributed by atoms with van der Waals surface area (Å²) >= 11 is 0. The van der Waals surface area contributed by atoms with E-state index >= 15 is 0 Å². The number of aliphatic hydroxyl groups is 1. The lowest BCUT2D eigenvalue weighted by Gasteiger charge is -2.35. The molecule has 0 bridgehead atoms. The van der Waals surface area contributed by atoms with Crippen molar-refractivity contribution >= 4 is 5.78 Å². The van der Waals surface area contributed by atoms with Crippen molar-refractivity contribution in [1.82, 2.24) is 0 Å². The molecule has 0 fully saturated rings. The van der Waals surface area contributed by atoms with Gasteiger partial charge in [0.2, 0.25) is 0 Å². The number of hydrogen-bond donors (Lipinski definition) is 1. The van der Waals surface area contributed by atoms with Crippen molar-refractivity contribution in [3.63, 3.8) is 0 Å². The number of benzene rings is 1. The Kier molecular flexibility index (Phi) is 2.50. The predicted octanol–water partition coefficient (Wildman–Crippen LogP) is 2.34. The van der Waals surface area contributed by atoms with E-state index < -0.39 is 11.5 Å². The van der Waals surface area contributed by atoms with Crippen molar-refractivity contribution in [3.05, 3.63) is 29.3 Å². The molecule has 16 heavy (non-hydrogen) atoms. The van der Waals surface area contributed by atoms with Crippen LogP contribution in [0.3, 0.4) is 0 Å². The first-order valence-electron chi connectivity index (χ1n) is 5.35. The molecule has 0 saturated heterocycles. The standard InChI is InChI=1S/C13H16O3/c1-13(2)7-11(14)9-5-4-8(16-3)6-10(9)12(13)15/h4-6,12,15H,7H2,1-3H3. The number of methoxy groups -OCH3 is 1. The van der Waals surface area contributed by atoms with Crippen LogP contribution in [-0.4, -0.2) is 18.0 Å². The second kappa shape index (κ2) is 3.59. The third kappa shape index (κ3) is 1.61. The molecule has 1 aromatic carbocycles. The molecule has 1 aromatic rings. The Morgan fingerprint density at radius 2 is 2.12 bits per heavy atom. The van der Waals surface area contributed by atoms with Gasteiger partial charge < -0.3 is 9.84 Å². The Bertz CT molecular complexity index is 435. The molecule has 86 valence electrons. The molecule has 0 spiro atoms. The van der Waals surface area contributed by atoms with Crippen LogP contribution in [0.5, 0.6) is 5.75 Å². The number of carbonyl (C=O) groups excluding carboxylic acids is 1. The third-order valence-electron chi connectivity index (χ3n) is 3.21. The number of fused-ring (bicyclic) bond motifs is 1. The first-order chi connectivity index (χ1) is 7.45. The van der Waals surface area contributed by atoms with Gasteiger partial charge in [0.1, 0.15) is 5.75 Å². The van der Waals surface area contributed by atoms with Crippen LogP contribution in [0.15, 0.2) is 18.2 Å².